The number of amides is 1. The van der Waals surface area contributed by atoms with E-state index in [1.54, 1.807) is 18.2 Å². The molecule has 1 rings (SSSR count). The Morgan fingerprint density at radius 2 is 2.17 bits per heavy atom. The number of benzene rings is 1. The van der Waals surface area contributed by atoms with Crippen LogP contribution < -0.4 is 5.32 Å². The molecule has 0 aliphatic rings. The van der Waals surface area contributed by atoms with Gasteiger partial charge >= 0.3 is 5.97 Å². The molecule has 0 saturated carbocycles. The topological polar surface area (TPSA) is 75.6 Å². The summed E-state index contributed by atoms with van der Waals surface area (Å²) in [6.45, 7) is -0.0159. The zero-order valence-corrected chi connectivity index (χ0v) is 11.6. The minimum atomic E-state index is -1.04. The van der Waals surface area contributed by atoms with E-state index in [-0.39, 0.29) is 25.7 Å². The highest BCUT2D eigenvalue weighted by molar-refractivity contribution is 9.10. The van der Waals surface area contributed by atoms with Crippen LogP contribution in [0.1, 0.15) is 10.4 Å². The van der Waals surface area contributed by atoms with Crippen molar-refractivity contribution in [2.75, 3.05) is 19.8 Å². The predicted octanol–water partition coefficient (Wildman–Crippen LogP) is 1.93. The van der Waals surface area contributed by atoms with Gasteiger partial charge in [0.1, 0.15) is 6.61 Å². The maximum Gasteiger partial charge on any atom is 0.329 e. The molecule has 0 unspecified atom stereocenters. The van der Waals surface area contributed by atoms with E-state index in [1.807, 2.05) is 0 Å². The number of rotatable bonds is 6. The Morgan fingerprint density at radius 3 is 2.83 bits per heavy atom. The summed E-state index contributed by atoms with van der Waals surface area (Å²) in [7, 11) is 0. The zero-order chi connectivity index (χ0) is 13.5. The first-order chi connectivity index (χ1) is 8.50. The molecule has 0 spiro atoms. The number of hydrogen-bond donors (Lipinski definition) is 2. The molecule has 0 bridgehead atoms. The maximum atomic E-state index is 11.7. The molecule has 5 nitrogen and oxygen atoms in total. The summed E-state index contributed by atoms with van der Waals surface area (Å²) < 4.78 is 5.42. The molecule has 1 aromatic carbocycles. The first-order valence-corrected chi connectivity index (χ1v) is 6.20. The summed E-state index contributed by atoms with van der Waals surface area (Å²) in [5.74, 6) is -1.35. The lowest BCUT2D eigenvalue weighted by Gasteiger charge is -2.07. The highest BCUT2D eigenvalue weighted by Gasteiger charge is 2.09. The van der Waals surface area contributed by atoms with Crippen LogP contribution >= 0.6 is 27.5 Å². The van der Waals surface area contributed by atoms with Crippen molar-refractivity contribution >= 4 is 39.4 Å². The van der Waals surface area contributed by atoms with Gasteiger partial charge in [0, 0.05) is 16.0 Å². The Balaban J connectivity index is 2.41. The third-order valence-electron chi connectivity index (χ3n) is 1.93. The Bertz CT molecular complexity index is 453. The normalized spacial score (nSPS) is 10.1. The molecule has 0 aliphatic carbocycles. The molecular formula is C11H11BrClNO4. The zero-order valence-electron chi connectivity index (χ0n) is 9.28. The van der Waals surface area contributed by atoms with Gasteiger partial charge in [-0.3, -0.25) is 4.79 Å². The fourth-order valence-corrected chi connectivity index (χ4v) is 1.76. The number of halogens is 2. The van der Waals surface area contributed by atoms with E-state index in [0.29, 0.717) is 15.1 Å². The average molecular weight is 337 g/mol. The largest absolute Gasteiger partial charge is 0.480 e. The van der Waals surface area contributed by atoms with Crippen LogP contribution in [0.3, 0.4) is 0 Å². The number of nitrogens with one attached hydrogen (secondary N) is 1. The predicted molar refractivity (Wildman–Crippen MR) is 69.9 cm³/mol. The summed E-state index contributed by atoms with van der Waals surface area (Å²) >= 11 is 9.03. The van der Waals surface area contributed by atoms with Gasteiger partial charge in [-0.25, -0.2) is 4.79 Å². The monoisotopic (exact) mass is 335 g/mol. The van der Waals surface area contributed by atoms with E-state index >= 15 is 0 Å². The molecule has 0 radical (unpaired) electrons. The highest BCUT2D eigenvalue weighted by atomic mass is 79.9. The van der Waals surface area contributed by atoms with Crippen LogP contribution in [0.5, 0.6) is 0 Å². The van der Waals surface area contributed by atoms with Crippen LogP contribution in [0.25, 0.3) is 0 Å². The standard InChI is InChI=1S/C11H11BrClNO4/c12-9-2-1-7(13)5-8(9)11(17)14-3-4-18-6-10(15)16/h1-2,5H,3-4,6H2,(H,14,17)(H,15,16). The van der Waals surface area contributed by atoms with Gasteiger partial charge < -0.3 is 15.2 Å². The van der Waals surface area contributed by atoms with Gasteiger partial charge in [-0.1, -0.05) is 11.6 Å². The highest BCUT2D eigenvalue weighted by Crippen LogP contribution is 2.20. The minimum Gasteiger partial charge on any atom is -0.480 e. The summed E-state index contributed by atoms with van der Waals surface area (Å²) in [5, 5.41) is 11.4. The molecule has 0 aromatic heterocycles. The second-order valence-corrected chi connectivity index (χ2v) is 4.62. The number of carbonyl (C=O) groups is 2. The quantitative estimate of drug-likeness (QED) is 0.778. The van der Waals surface area contributed by atoms with Crippen molar-refractivity contribution < 1.29 is 19.4 Å². The lowest BCUT2D eigenvalue weighted by atomic mass is 10.2. The lowest BCUT2D eigenvalue weighted by molar-refractivity contribution is -0.142. The molecular weight excluding hydrogens is 325 g/mol. The lowest BCUT2D eigenvalue weighted by Crippen LogP contribution is -2.28. The molecule has 0 heterocycles. The van der Waals surface area contributed by atoms with Gasteiger partial charge in [0.15, 0.2) is 0 Å². The van der Waals surface area contributed by atoms with Crippen LogP contribution in [-0.4, -0.2) is 36.7 Å². The number of aliphatic carboxylic acids is 1. The van der Waals surface area contributed by atoms with Gasteiger partial charge in [-0.05, 0) is 34.1 Å². The van der Waals surface area contributed by atoms with Crippen LogP contribution in [0, 0.1) is 0 Å². The van der Waals surface area contributed by atoms with E-state index in [9.17, 15) is 9.59 Å². The molecule has 0 aliphatic heterocycles. The number of hydrogen-bond acceptors (Lipinski definition) is 3. The van der Waals surface area contributed by atoms with Crippen LogP contribution in [0.2, 0.25) is 5.02 Å². The van der Waals surface area contributed by atoms with Crippen molar-refractivity contribution in [3.63, 3.8) is 0 Å². The Morgan fingerprint density at radius 1 is 1.44 bits per heavy atom. The van der Waals surface area contributed by atoms with E-state index < -0.39 is 5.97 Å². The Labute approximate surface area is 117 Å². The van der Waals surface area contributed by atoms with E-state index in [0.717, 1.165) is 0 Å². The molecule has 98 valence electrons. The van der Waals surface area contributed by atoms with Crippen molar-refractivity contribution in [3.05, 3.63) is 33.3 Å². The van der Waals surface area contributed by atoms with E-state index in [1.165, 1.54) is 0 Å². The second kappa shape index (κ2) is 7.35. The van der Waals surface area contributed by atoms with Crippen molar-refractivity contribution in [2.45, 2.75) is 0 Å². The van der Waals surface area contributed by atoms with Crippen LogP contribution in [-0.2, 0) is 9.53 Å². The Hall–Kier alpha value is -1.11. The minimum absolute atomic E-state index is 0.135. The smallest absolute Gasteiger partial charge is 0.329 e. The average Bonchev–Trinajstić information content (AvgIpc) is 2.31. The van der Waals surface area contributed by atoms with Gasteiger partial charge in [-0.2, -0.15) is 0 Å². The fraction of sp³-hybridized carbons (Fsp3) is 0.273. The summed E-state index contributed by atoms with van der Waals surface area (Å²) in [4.78, 5) is 21.9. The van der Waals surface area contributed by atoms with Gasteiger partial charge in [0.05, 0.1) is 12.2 Å². The summed E-state index contributed by atoms with van der Waals surface area (Å²) in [5.41, 5.74) is 0.417. The number of carbonyl (C=O) groups excluding carboxylic acids is 1. The van der Waals surface area contributed by atoms with E-state index in [4.69, 9.17) is 21.4 Å². The van der Waals surface area contributed by atoms with Crippen molar-refractivity contribution in [1.29, 1.82) is 0 Å². The molecule has 18 heavy (non-hydrogen) atoms. The Kier molecular flexibility index (Phi) is 6.11. The molecule has 0 saturated heterocycles. The summed E-state index contributed by atoms with van der Waals surface area (Å²) in [6, 6.07) is 4.88. The fourth-order valence-electron chi connectivity index (χ4n) is 1.16. The number of carboxylic acid groups (broad SMARTS) is 1. The van der Waals surface area contributed by atoms with Crippen molar-refractivity contribution in [3.8, 4) is 0 Å². The summed E-state index contributed by atoms with van der Waals surface area (Å²) in [6.07, 6.45) is 0. The van der Waals surface area contributed by atoms with Crippen molar-refractivity contribution in [1.82, 2.24) is 5.32 Å². The van der Waals surface area contributed by atoms with Crippen molar-refractivity contribution in [2.24, 2.45) is 0 Å². The molecule has 0 atom stereocenters. The number of carboxylic acids is 1. The maximum absolute atomic E-state index is 11.7. The first kappa shape index (κ1) is 14.9. The molecule has 1 aromatic rings. The molecule has 0 fully saturated rings. The number of ether oxygens (including phenoxy) is 1. The first-order valence-electron chi connectivity index (χ1n) is 5.03. The molecule has 7 heteroatoms. The van der Waals surface area contributed by atoms with Crippen LogP contribution in [0.4, 0.5) is 0 Å². The third-order valence-corrected chi connectivity index (χ3v) is 2.86. The van der Waals surface area contributed by atoms with Gasteiger partial charge in [-0.15, -0.1) is 0 Å². The van der Waals surface area contributed by atoms with Gasteiger partial charge in [0.25, 0.3) is 5.91 Å². The molecule has 2 N–H and O–H groups in total. The van der Waals surface area contributed by atoms with E-state index in [2.05, 4.69) is 21.2 Å². The van der Waals surface area contributed by atoms with Crippen LogP contribution in [0.15, 0.2) is 22.7 Å². The third kappa shape index (κ3) is 5.03. The second-order valence-electron chi connectivity index (χ2n) is 3.33. The molecule has 1 amide bonds. The van der Waals surface area contributed by atoms with Gasteiger partial charge in [0.2, 0.25) is 0 Å². The SMILES string of the molecule is O=C(O)COCCNC(=O)c1cc(Cl)ccc1Br.